The molecule has 0 aliphatic heterocycles. The highest BCUT2D eigenvalue weighted by atomic mass is 15.1. The summed E-state index contributed by atoms with van der Waals surface area (Å²) in [5.41, 5.74) is 17.1. The Morgan fingerprint density at radius 1 is 0.324 bits per heavy atom. The molecule has 344 valence electrons. The standard InChI is InChI=1S/C72H46N2/c1-4-22-48(23-5-1)71(49-24-6-2-7-25-49)62-33-14-10-30-56(62)57-41-38-52(45-66(57)71)73(51-40-43-69-61(44-51)59-31-13-17-37-68(59)74(69)50-26-8-3-9-27-50)53-39-42-58-60-32-18-20-47-21-19-36-65(70(47)60)72(67(58)46-53)63-34-15-11-28-54(63)55-29-12-16-35-64(55)72/h1-46H/i18D,19D,20D,21D,32D,36D. The molecule has 2 heteroatoms. The van der Waals surface area contributed by atoms with Crippen molar-refractivity contribution in [1.82, 2.24) is 4.57 Å². The van der Waals surface area contributed by atoms with Crippen LogP contribution in [0.1, 0.15) is 52.7 Å². The van der Waals surface area contributed by atoms with E-state index < -0.39 is 10.8 Å². The predicted molar refractivity (Wildman–Crippen MR) is 307 cm³/mol. The maximum Gasteiger partial charge on any atom is 0.0726 e. The van der Waals surface area contributed by atoms with E-state index in [4.69, 9.17) is 0 Å². The molecule has 0 radical (unpaired) electrons. The molecule has 3 aliphatic carbocycles. The van der Waals surface area contributed by atoms with Gasteiger partial charge >= 0.3 is 0 Å². The molecule has 16 rings (SSSR count). The summed E-state index contributed by atoms with van der Waals surface area (Å²) >= 11 is 0. The van der Waals surface area contributed by atoms with Crippen LogP contribution in [-0.4, -0.2) is 4.57 Å². The maximum atomic E-state index is 10.1. The van der Waals surface area contributed by atoms with Gasteiger partial charge in [0, 0.05) is 33.5 Å². The van der Waals surface area contributed by atoms with Gasteiger partial charge in [0.15, 0.2) is 0 Å². The van der Waals surface area contributed by atoms with Gasteiger partial charge in [-0.1, -0.05) is 218 Å². The molecule has 1 spiro atoms. The number of anilines is 3. The summed E-state index contributed by atoms with van der Waals surface area (Å²) in [6, 6.07) is 84.7. The smallest absolute Gasteiger partial charge is 0.0726 e. The van der Waals surface area contributed by atoms with Crippen molar-refractivity contribution in [2.24, 2.45) is 0 Å². The fourth-order valence-corrected chi connectivity index (χ4v) is 13.6. The lowest BCUT2D eigenvalue weighted by Crippen LogP contribution is -2.32. The number of rotatable bonds is 6. The Labute approximate surface area is 438 Å². The number of hydrogen-bond acceptors (Lipinski definition) is 1. The average Bonchev–Trinajstić information content (AvgIpc) is 4.23. The average molecular weight is 945 g/mol. The van der Waals surface area contributed by atoms with E-state index in [1.165, 1.54) is 11.1 Å². The van der Waals surface area contributed by atoms with Gasteiger partial charge in [0.05, 0.1) is 30.1 Å². The molecular formula is C72H46N2. The second-order valence-corrected chi connectivity index (χ2v) is 19.8. The number of para-hydroxylation sites is 2. The minimum absolute atomic E-state index is 0.122. The molecular weight excluding hydrogens is 893 g/mol. The van der Waals surface area contributed by atoms with Gasteiger partial charge in [0.2, 0.25) is 0 Å². The van der Waals surface area contributed by atoms with Crippen molar-refractivity contribution in [2.75, 3.05) is 4.90 Å². The minimum Gasteiger partial charge on any atom is -0.310 e. The van der Waals surface area contributed by atoms with Crippen molar-refractivity contribution in [3.05, 3.63) is 323 Å². The highest BCUT2D eigenvalue weighted by Crippen LogP contribution is 2.63. The van der Waals surface area contributed by atoms with E-state index in [9.17, 15) is 8.22 Å². The first kappa shape index (κ1) is 35.6. The van der Waals surface area contributed by atoms with Gasteiger partial charge in [-0.2, -0.15) is 0 Å². The van der Waals surface area contributed by atoms with Crippen molar-refractivity contribution < 1.29 is 8.22 Å². The zero-order valence-corrected chi connectivity index (χ0v) is 40.0. The number of hydrogen-bond donors (Lipinski definition) is 0. The van der Waals surface area contributed by atoms with Crippen LogP contribution in [0.4, 0.5) is 17.1 Å². The van der Waals surface area contributed by atoms with Crippen LogP contribution in [-0.2, 0) is 10.8 Å². The van der Waals surface area contributed by atoms with Gasteiger partial charge in [-0.3, -0.25) is 0 Å². The van der Waals surface area contributed by atoms with Gasteiger partial charge in [-0.25, -0.2) is 0 Å². The van der Waals surface area contributed by atoms with E-state index in [0.29, 0.717) is 22.1 Å². The van der Waals surface area contributed by atoms with Crippen molar-refractivity contribution in [1.29, 1.82) is 0 Å². The first-order chi connectivity index (χ1) is 39.2. The maximum absolute atomic E-state index is 10.1. The highest BCUT2D eigenvalue weighted by Gasteiger charge is 2.51. The molecule has 0 unspecified atom stereocenters. The molecule has 0 atom stereocenters. The Balaban J connectivity index is 1.04. The van der Waals surface area contributed by atoms with Gasteiger partial charge in [0.25, 0.3) is 0 Å². The van der Waals surface area contributed by atoms with Gasteiger partial charge in [0.1, 0.15) is 0 Å². The molecule has 3 aliphatic rings. The third kappa shape index (κ3) is 5.39. The van der Waals surface area contributed by atoms with Crippen LogP contribution in [0.15, 0.2) is 279 Å². The fraction of sp³-hybridized carbons (Fsp3) is 0.0278. The van der Waals surface area contributed by atoms with Gasteiger partial charge in [-0.05, 0) is 149 Å². The molecule has 0 bridgehead atoms. The molecule has 0 saturated carbocycles. The largest absolute Gasteiger partial charge is 0.310 e. The van der Waals surface area contributed by atoms with Gasteiger partial charge < -0.3 is 9.47 Å². The van der Waals surface area contributed by atoms with E-state index in [1.54, 1.807) is 0 Å². The molecule has 0 saturated heterocycles. The Morgan fingerprint density at radius 3 is 1.42 bits per heavy atom. The monoisotopic (exact) mass is 944 g/mol. The lowest BCUT2D eigenvalue weighted by Gasteiger charge is -2.41. The predicted octanol–water partition coefficient (Wildman–Crippen LogP) is 18.1. The molecule has 0 fully saturated rings. The number of fused-ring (bicyclic) bond motifs is 15. The molecule has 12 aromatic carbocycles. The van der Waals surface area contributed by atoms with Crippen LogP contribution in [0.25, 0.3) is 71.6 Å². The minimum atomic E-state index is -1.24. The SMILES string of the molecule is [2H]c1c([2H])c2c3c(c([2H])c([2H])c([2H])c3c1[2H])C1(c3ccccc3-c3ccccc31)c1cc(N(c3ccc4c(c3)C(c3ccccc3)(c3ccccc3)c3ccccc3-4)c3ccc4c(c3)c3ccccc3n4-c3ccccc3)ccc1-2. The van der Waals surface area contributed by atoms with Crippen LogP contribution in [0.2, 0.25) is 0 Å². The Hall–Kier alpha value is -9.50. The van der Waals surface area contributed by atoms with E-state index >= 15 is 0 Å². The fourth-order valence-electron chi connectivity index (χ4n) is 13.6. The molecule has 2 nitrogen and oxygen atoms in total. The number of nitrogens with zero attached hydrogens (tertiary/aromatic N) is 2. The van der Waals surface area contributed by atoms with Crippen LogP contribution in [0, 0.1) is 0 Å². The number of aromatic nitrogens is 1. The lowest BCUT2D eigenvalue weighted by atomic mass is 9.61. The molecule has 0 amide bonds. The Morgan fingerprint density at radius 2 is 0.784 bits per heavy atom. The summed E-state index contributed by atoms with van der Waals surface area (Å²) in [6.07, 6.45) is 0. The topological polar surface area (TPSA) is 8.17 Å². The first-order valence-electron chi connectivity index (χ1n) is 28.3. The van der Waals surface area contributed by atoms with Crippen LogP contribution >= 0.6 is 0 Å². The normalized spacial score (nSPS) is 15.0. The van der Waals surface area contributed by atoms with Crippen LogP contribution in [0.5, 0.6) is 0 Å². The molecule has 13 aromatic rings. The summed E-state index contributed by atoms with van der Waals surface area (Å²) in [4.78, 5) is 2.35. The van der Waals surface area contributed by atoms with Gasteiger partial charge in [-0.15, -0.1) is 0 Å². The van der Waals surface area contributed by atoms with Crippen LogP contribution < -0.4 is 4.90 Å². The molecule has 74 heavy (non-hydrogen) atoms. The second kappa shape index (κ2) is 15.5. The summed E-state index contributed by atoms with van der Waals surface area (Å²) in [5.74, 6) is 0. The Kier molecular flexibility index (Phi) is 7.45. The summed E-state index contributed by atoms with van der Waals surface area (Å²) in [5, 5.41) is 2.74. The molecule has 1 aromatic heterocycles. The summed E-state index contributed by atoms with van der Waals surface area (Å²) in [6.45, 7) is 0. The van der Waals surface area contributed by atoms with Crippen LogP contribution in [0.3, 0.4) is 0 Å². The zero-order valence-electron chi connectivity index (χ0n) is 46.0. The van der Waals surface area contributed by atoms with Crippen molar-refractivity contribution in [2.45, 2.75) is 10.8 Å². The number of benzene rings is 12. The third-order valence-corrected chi connectivity index (χ3v) is 16.4. The molecule has 1 heterocycles. The lowest BCUT2D eigenvalue weighted by molar-refractivity contribution is 0.768. The van der Waals surface area contributed by atoms with E-state index in [0.717, 1.165) is 94.6 Å². The third-order valence-electron chi connectivity index (χ3n) is 16.4. The van der Waals surface area contributed by atoms with E-state index in [2.05, 4.69) is 222 Å². The first-order valence-corrected chi connectivity index (χ1v) is 25.3. The van der Waals surface area contributed by atoms with Crippen molar-refractivity contribution in [3.63, 3.8) is 0 Å². The van der Waals surface area contributed by atoms with Crippen molar-refractivity contribution in [3.8, 4) is 39.1 Å². The Bertz CT molecular complexity index is 4710. The van der Waals surface area contributed by atoms with E-state index in [1.807, 2.05) is 30.3 Å². The summed E-state index contributed by atoms with van der Waals surface area (Å²) in [7, 11) is 0. The second-order valence-electron chi connectivity index (χ2n) is 19.8. The summed E-state index contributed by atoms with van der Waals surface area (Å²) < 4.78 is 59.6. The quantitative estimate of drug-likeness (QED) is 0.161. The highest BCUT2D eigenvalue weighted by molar-refractivity contribution is 6.11. The zero-order chi connectivity index (χ0) is 53.8. The van der Waals surface area contributed by atoms with Crippen molar-refractivity contribution >= 4 is 49.6 Å². The van der Waals surface area contributed by atoms with E-state index in [-0.39, 0.29) is 41.6 Å². The molecule has 0 N–H and O–H groups in total.